The van der Waals surface area contributed by atoms with Gasteiger partial charge in [0.1, 0.15) is 6.54 Å². The van der Waals surface area contributed by atoms with Crippen molar-refractivity contribution in [2.24, 2.45) is 5.16 Å². The number of anilines is 1. The third kappa shape index (κ3) is 5.00. The first-order valence-electron chi connectivity index (χ1n) is 6.13. The summed E-state index contributed by atoms with van der Waals surface area (Å²) in [4.78, 5) is 26.8. The minimum absolute atomic E-state index is 0.0188. The molecule has 1 aromatic carbocycles. The number of benzene rings is 1. The van der Waals surface area contributed by atoms with Gasteiger partial charge in [0.2, 0.25) is 0 Å². The van der Waals surface area contributed by atoms with E-state index in [1.54, 1.807) is 24.3 Å². The van der Waals surface area contributed by atoms with Crippen molar-refractivity contribution in [3.8, 4) is 0 Å². The van der Waals surface area contributed by atoms with E-state index < -0.39 is 17.0 Å². The molecule has 11 nitrogen and oxygen atoms in total. The Morgan fingerprint density at radius 3 is 2.78 bits per heavy atom. The van der Waals surface area contributed by atoms with Gasteiger partial charge < -0.3 is 10.1 Å². The van der Waals surface area contributed by atoms with E-state index in [-0.39, 0.29) is 6.54 Å². The molecule has 0 spiro atoms. The van der Waals surface area contributed by atoms with Crippen LogP contribution in [0.4, 0.5) is 16.4 Å². The van der Waals surface area contributed by atoms with Crippen LogP contribution in [-0.4, -0.2) is 36.9 Å². The van der Waals surface area contributed by atoms with E-state index in [2.05, 4.69) is 30.7 Å². The summed E-state index contributed by atoms with van der Waals surface area (Å²) in [6.07, 6.45) is -0.802. The van der Waals surface area contributed by atoms with Gasteiger partial charge in [-0.3, -0.25) is 10.2 Å². The van der Waals surface area contributed by atoms with Gasteiger partial charge in [-0.25, -0.2) is 4.79 Å². The highest BCUT2D eigenvalue weighted by Gasteiger charge is 2.15. The number of nitrogens with one attached hydrogen (secondary N) is 1. The number of aromatic nitrogens is 4. The summed E-state index contributed by atoms with van der Waals surface area (Å²) in [5, 5.41) is 27.2. The van der Waals surface area contributed by atoms with Crippen molar-refractivity contribution < 1.29 is 14.6 Å². The highest BCUT2D eigenvalue weighted by Crippen LogP contribution is 2.13. The van der Waals surface area contributed by atoms with Gasteiger partial charge in [-0.2, -0.15) is 0 Å². The van der Waals surface area contributed by atoms with Gasteiger partial charge in [0.25, 0.3) is 0 Å². The zero-order valence-electron chi connectivity index (χ0n) is 11.7. The molecular formula is C11H10ClN7O4. The predicted molar refractivity (Wildman–Crippen MR) is 79.1 cm³/mol. The largest absolute Gasteiger partial charge is 0.514 e. The maximum atomic E-state index is 11.5. The van der Waals surface area contributed by atoms with Crippen LogP contribution in [0.25, 0.3) is 0 Å². The molecule has 0 bridgehead atoms. The standard InChI is InChI=1S/C11H10ClN7O4/c1-7(6-18-15-10(14-17-18)19(21)22)16-23-11(20)13-9-4-2-8(12)3-5-9/h2-5H,6H2,1H3,(H,13,20)/b16-7-. The fourth-order valence-electron chi connectivity index (χ4n) is 1.40. The lowest BCUT2D eigenvalue weighted by molar-refractivity contribution is -0.394. The molecule has 23 heavy (non-hydrogen) atoms. The predicted octanol–water partition coefficient (Wildman–Crippen LogP) is 1.86. The molecule has 0 fully saturated rings. The number of nitrogens with zero attached hydrogens (tertiary/aromatic N) is 6. The molecular weight excluding hydrogens is 330 g/mol. The Kier molecular flexibility index (Phi) is 5.15. The monoisotopic (exact) mass is 339 g/mol. The molecule has 120 valence electrons. The Morgan fingerprint density at radius 1 is 1.48 bits per heavy atom. The molecule has 0 aliphatic carbocycles. The van der Waals surface area contributed by atoms with Crippen LogP contribution in [0.3, 0.4) is 0 Å². The Bertz CT molecular complexity index is 743. The van der Waals surface area contributed by atoms with Crippen LogP contribution < -0.4 is 5.32 Å². The molecule has 0 aliphatic heterocycles. The number of rotatable bonds is 5. The third-order valence-electron chi connectivity index (χ3n) is 2.35. The average molecular weight is 340 g/mol. The van der Waals surface area contributed by atoms with E-state index in [0.717, 1.165) is 4.80 Å². The normalized spacial score (nSPS) is 11.1. The molecule has 0 saturated carbocycles. The van der Waals surface area contributed by atoms with Crippen LogP contribution >= 0.6 is 11.6 Å². The number of carbonyl (C=O) groups is 1. The highest BCUT2D eigenvalue weighted by atomic mass is 35.5. The van der Waals surface area contributed by atoms with Gasteiger partial charge in [-0.05, 0) is 36.1 Å². The first-order valence-corrected chi connectivity index (χ1v) is 6.51. The molecule has 1 heterocycles. The highest BCUT2D eigenvalue weighted by molar-refractivity contribution is 6.30. The molecule has 0 atom stereocenters. The molecule has 0 unspecified atom stereocenters. The van der Waals surface area contributed by atoms with E-state index in [1.165, 1.54) is 6.92 Å². The van der Waals surface area contributed by atoms with E-state index in [1.807, 2.05) is 0 Å². The number of oxime groups is 1. The minimum atomic E-state index is -0.802. The molecule has 0 saturated heterocycles. The van der Waals surface area contributed by atoms with Crippen LogP contribution in [-0.2, 0) is 11.4 Å². The van der Waals surface area contributed by atoms with Crippen LogP contribution in [0.15, 0.2) is 29.4 Å². The first-order chi connectivity index (χ1) is 10.9. The molecule has 12 heteroatoms. The van der Waals surface area contributed by atoms with Gasteiger partial charge >= 0.3 is 12.0 Å². The number of nitro groups is 1. The van der Waals surface area contributed by atoms with Crippen LogP contribution in [0.1, 0.15) is 6.92 Å². The zero-order chi connectivity index (χ0) is 16.8. The summed E-state index contributed by atoms with van der Waals surface area (Å²) < 4.78 is 0. The van der Waals surface area contributed by atoms with Crippen molar-refractivity contribution in [1.82, 2.24) is 20.2 Å². The summed E-state index contributed by atoms with van der Waals surface area (Å²) >= 11 is 5.72. The fraction of sp³-hybridized carbons (Fsp3) is 0.182. The van der Waals surface area contributed by atoms with E-state index in [0.29, 0.717) is 16.4 Å². The van der Waals surface area contributed by atoms with Gasteiger partial charge in [0, 0.05) is 15.9 Å². The van der Waals surface area contributed by atoms with Gasteiger partial charge in [-0.15, -0.1) is 0 Å². The Labute approximate surface area is 134 Å². The van der Waals surface area contributed by atoms with Crippen molar-refractivity contribution in [2.75, 3.05) is 5.32 Å². The van der Waals surface area contributed by atoms with Crippen LogP contribution in [0.5, 0.6) is 0 Å². The number of amides is 1. The molecule has 0 aliphatic rings. The maximum Gasteiger partial charge on any atom is 0.514 e. The smallest absolute Gasteiger partial charge is 0.390 e. The SMILES string of the molecule is C/C(Cn1nnc([N+](=O)[O-])n1)=N/OC(=O)Nc1ccc(Cl)cc1. The molecule has 2 rings (SSSR count). The van der Waals surface area contributed by atoms with Crippen molar-refractivity contribution >= 4 is 35.0 Å². The summed E-state index contributed by atoms with van der Waals surface area (Å²) in [6, 6.07) is 6.40. The van der Waals surface area contributed by atoms with Crippen molar-refractivity contribution in [2.45, 2.75) is 13.5 Å². The van der Waals surface area contributed by atoms with Gasteiger partial charge in [0.15, 0.2) is 0 Å². The topological polar surface area (TPSA) is 137 Å². The van der Waals surface area contributed by atoms with E-state index in [4.69, 9.17) is 11.6 Å². The number of halogens is 1. The summed E-state index contributed by atoms with van der Waals surface area (Å²) in [7, 11) is 0. The summed E-state index contributed by atoms with van der Waals surface area (Å²) in [5.41, 5.74) is 0.796. The fourth-order valence-corrected chi connectivity index (χ4v) is 1.53. The van der Waals surface area contributed by atoms with Gasteiger partial charge in [0.05, 0.1) is 15.9 Å². The lowest BCUT2D eigenvalue weighted by Crippen LogP contribution is -2.14. The Balaban J connectivity index is 1.86. The number of hydrogen-bond acceptors (Lipinski definition) is 8. The Morgan fingerprint density at radius 2 is 2.17 bits per heavy atom. The zero-order valence-corrected chi connectivity index (χ0v) is 12.5. The van der Waals surface area contributed by atoms with Crippen molar-refractivity contribution in [3.05, 3.63) is 39.4 Å². The lowest BCUT2D eigenvalue weighted by Gasteiger charge is -2.03. The van der Waals surface area contributed by atoms with E-state index in [9.17, 15) is 14.9 Å². The van der Waals surface area contributed by atoms with Gasteiger partial charge in [-0.1, -0.05) is 21.6 Å². The number of tetrazole rings is 1. The molecule has 1 aromatic heterocycles. The van der Waals surface area contributed by atoms with Crippen molar-refractivity contribution in [3.63, 3.8) is 0 Å². The van der Waals surface area contributed by atoms with Crippen molar-refractivity contribution in [1.29, 1.82) is 0 Å². The summed E-state index contributed by atoms with van der Waals surface area (Å²) in [5.74, 6) is -0.626. The maximum absolute atomic E-state index is 11.5. The molecule has 2 aromatic rings. The third-order valence-corrected chi connectivity index (χ3v) is 2.60. The lowest BCUT2D eigenvalue weighted by atomic mass is 10.3. The first kappa shape index (κ1) is 16.3. The van der Waals surface area contributed by atoms with E-state index >= 15 is 0 Å². The molecule has 1 N–H and O–H groups in total. The second-order valence-corrected chi connectivity index (χ2v) is 4.65. The molecule has 1 amide bonds. The van der Waals surface area contributed by atoms with Crippen LogP contribution in [0, 0.1) is 10.1 Å². The number of carbonyl (C=O) groups excluding carboxylic acids is 1. The summed E-state index contributed by atoms with van der Waals surface area (Å²) in [6.45, 7) is 1.51. The minimum Gasteiger partial charge on any atom is -0.390 e. The van der Waals surface area contributed by atoms with Crippen LogP contribution in [0.2, 0.25) is 5.02 Å². The second kappa shape index (κ2) is 7.26. The Hall–Kier alpha value is -3.08. The number of hydrogen-bond donors (Lipinski definition) is 1. The quantitative estimate of drug-likeness (QED) is 0.379. The molecule has 0 radical (unpaired) electrons. The second-order valence-electron chi connectivity index (χ2n) is 4.21. The average Bonchev–Trinajstić information content (AvgIpc) is 2.96.